The molecule has 3 rings (SSSR count). The van der Waals surface area contributed by atoms with Crippen LogP contribution in [0.4, 0.5) is 0 Å². The minimum Gasteiger partial charge on any atom is -0.351 e. The minimum absolute atomic E-state index is 0.572. The van der Waals surface area contributed by atoms with E-state index >= 15 is 0 Å². The van der Waals surface area contributed by atoms with Crippen LogP contribution < -0.4 is 10.6 Å². The van der Waals surface area contributed by atoms with Gasteiger partial charge in [0, 0.05) is 16.8 Å². The van der Waals surface area contributed by atoms with E-state index in [1.807, 2.05) is 48.1 Å². The van der Waals surface area contributed by atoms with Crippen molar-refractivity contribution < 1.29 is 0 Å². The van der Waals surface area contributed by atoms with Crippen molar-refractivity contribution in [1.29, 1.82) is 0 Å². The third-order valence-electron chi connectivity index (χ3n) is 4.36. The zero-order valence-electron chi connectivity index (χ0n) is 16.1. The van der Waals surface area contributed by atoms with Crippen LogP contribution in [0.5, 0.6) is 0 Å². The summed E-state index contributed by atoms with van der Waals surface area (Å²) >= 11 is 1.84. The van der Waals surface area contributed by atoms with Gasteiger partial charge >= 0.3 is 0 Å². The van der Waals surface area contributed by atoms with E-state index in [2.05, 4.69) is 52.0 Å². The van der Waals surface area contributed by atoms with Crippen molar-refractivity contribution in [1.82, 2.24) is 25.4 Å². The summed E-state index contributed by atoms with van der Waals surface area (Å²) in [5, 5.41) is 15.1. The number of aliphatic imine (C=N–C) groups is 1. The first-order valence-corrected chi connectivity index (χ1v) is 9.96. The number of hydrogen-bond acceptors (Lipinski definition) is 4. The third-order valence-corrected chi connectivity index (χ3v) is 5.58. The van der Waals surface area contributed by atoms with E-state index < -0.39 is 0 Å². The van der Waals surface area contributed by atoms with Gasteiger partial charge in [-0.05, 0) is 31.0 Å². The second kappa shape index (κ2) is 9.32. The fourth-order valence-corrected chi connectivity index (χ4v) is 3.47. The first kappa shape index (κ1) is 19.1. The number of nitrogens with one attached hydrogen (secondary N) is 2. The van der Waals surface area contributed by atoms with Crippen LogP contribution in [0.1, 0.15) is 33.9 Å². The molecular formula is C20H26N6S. The average molecular weight is 383 g/mol. The van der Waals surface area contributed by atoms with Gasteiger partial charge in [-0.3, -0.25) is 0 Å². The van der Waals surface area contributed by atoms with Crippen molar-refractivity contribution >= 4 is 17.3 Å². The molecule has 0 saturated heterocycles. The molecule has 0 bridgehead atoms. The minimum atomic E-state index is 0.572. The van der Waals surface area contributed by atoms with E-state index in [4.69, 9.17) is 4.99 Å². The van der Waals surface area contributed by atoms with Crippen LogP contribution >= 0.6 is 11.3 Å². The Morgan fingerprint density at radius 3 is 2.44 bits per heavy atom. The predicted molar refractivity (Wildman–Crippen MR) is 111 cm³/mol. The quantitative estimate of drug-likeness (QED) is 0.486. The summed E-state index contributed by atoms with van der Waals surface area (Å²) in [4.78, 5) is 7.43. The van der Waals surface area contributed by atoms with Crippen LogP contribution in [-0.2, 0) is 33.1 Å². The molecule has 0 unspecified atom stereocenters. The van der Waals surface area contributed by atoms with E-state index in [1.165, 1.54) is 15.3 Å². The van der Waals surface area contributed by atoms with E-state index in [-0.39, 0.29) is 0 Å². The highest BCUT2D eigenvalue weighted by atomic mass is 32.1. The van der Waals surface area contributed by atoms with Crippen molar-refractivity contribution in [2.24, 2.45) is 12.0 Å². The maximum Gasteiger partial charge on any atom is 0.192 e. The molecule has 2 aromatic heterocycles. The number of thiophene rings is 1. The van der Waals surface area contributed by atoms with Crippen LogP contribution in [0.2, 0.25) is 0 Å². The second-order valence-electron chi connectivity index (χ2n) is 6.30. The predicted octanol–water partition coefficient (Wildman–Crippen LogP) is 3.18. The smallest absolute Gasteiger partial charge is 0.192 e. The second-order valence-corrected chi connectivity index (χ2v) is 7.55. The normalized spacial score (nSPS) is 11.6. The van der Waals surface area contributed by atoms with Crippen molar-refractivity contribution in [2.75, 3.05) is 0 Å². The van der Waals surface area contributed by atoms with Gasteiger partial charge in [0.1, 0.15) is 5.82 Å². The highest BCUT2D eigenvalue weighted by molar-refractivity contribution is 7.11. The molecule has 0 aliphatic heterocycles. The van der Waals surface area contributed by atoms with Crippen LogP contribution in [-0.4, -0.2) is 20.7 Å². The average Bonchev–Trinajstić information content (AvgIpc) is 3.29. The van der Waals surface area contributed by atoms with Crippen molar-refractivity contribution in [2.45, 2.75) is 39.9 Å². The van der Waals surface area contributed by atoms with Crippen LogP contribution in [0.3, 0.4) is 0 Å². The van der Waals surface area contributed by atoms with Gasteiger partial charge in [-0.15, -0.1) is 21.5 Å². The summed E-state index contributed by atoms with van der Waals surface area (Å²) in [7, 11) is 1.97. The SMILES string of the molecule is CCc1ccc(CNC(=NCc2ccccc2)NCc2nnc(C)n2C)s1. The first-order chi connectivity index (χ1) is 13.2. The number of benzene rings is 1. The van der Waals surface area contributed by atoms with Gasteiger partial charge in [0.05, 0.1) is 19.6 Å². The number of guanidine groups is 1. The Bertz CT molecular complexity index is 881. The fourth-order valence-electron chi connectivity index (χ4n) is 2.57. The zero-order valence-corrected chi connectivity index (χ0v) is 16.9. The molecule has 0 spiro atoms. The molecule has 1 aromatic carbocycles. The molecule has 0 radical (unpaired) electrons. The first-order valence-electron chi connectivity index (χ1n) is 9.14. The van der Waals surface area contributed by atoms with Gasteiger partial charge in [-0.25, -0.2) is 4.99 Å². The van der Waals surface area contributed by atoms with Gasteiger partial charge in [-0.2, -0.15) is 0 Å². The molecule has 142 valence electrons. The van der Waals surface area contributed by atoms with E-state index in [1.54, 1.807) is 0 Å². The molecule has 27 heavy (non-hydrogen) atoms. The Morgan fingerprint density at radius 2 is 1.78 bits per heavy atom. The molecule has 7 heteroatoms. The number of rotatable bonds is 7. The van der Waals surface area contributed by atoms with Crippen LogP contribution in [0, 0.1) is 6.92 Å². The number of aromatic nitrogens is 3. The Labute approximate surface area is 164 Å². The largest absolute Gasteiger partial charge is 0.351 e. The monoisotopic (exact) mass is 382 g/mol. The lowest BCUT2D eigenvalue weighted by Gasteiger charge is -2.12. The topological polar surface area (TPSA) is 67.1 Å². The molecule has 3 aromatic rings. The maximum absolute atomic E-state index is 4.73. The molecule has 0 atom stereocenters. The van der Waals surface area contributed by atoms with Gasteiger partial charge in [0.15, 0.2) is 11.8 Å². The maximum atomic E-state index is 4.73. The van der Waals surface area contributed by atoms with Crippen LogP contribution in [0.15, 0.2) is 47.5 Å². The van der Waals surface area contributed by atoms with Crippen molar-refractivity contribution in [3.8, 4) is 0 Å². The summed E-state index contributed by atoms with van der Waals surface area (Å²) in [6, 6.07) is 14.6. The number of nitrogens with zero attached hydrogens (tertiary/aromatic N) is 4. The summed E-state index contributed by atoms with van der Waals surface area (Å²) in [5.74, 6) is 2.55. The number of hydrogen-bond donors (Lipinski definition) is 2. The molecule has 0 amide bonds. The molecule has 6 nitrogen and oxygen atoms in total. The van der Waals surface area contributed by atoms with E-state index in [0.717, 1.165) is 30.6 Å². The lowest BCUT2D eigenvalue weighted by Crippen LogP contribution is -2.37. The lowest BCUT2D eigenvalue weighted by atomic mass is 10.2. The number of aryl methyl sites for hydroxylation is 2. The highest BCUT2D eigenvalue weighted by Crippen LogP contribution is 2.16. The molecule has 0 aliphatic rings. The molecule has 2 heterocycles. The Hall–Kier alpha value is -2.67. The van der Waals surface area contributed by atoms with Gasteiger partial charge in [0.25, 0.3) is 0 Å². The molecular weight excluding hydrogens is 356 g/mol. The Morgan fingerprint density at radius 1 is 1.04 bits per heavy atom. The van der Waals surface area contributed by atoms with E-state index in [0.29, 0.717) is 13.1 Å². The van der Waals surface area contributed by atoms with Gasteiger partial charge in [-0.1, -0.05) is 37.3 Å². The zero-order chi connectivity index (χ0) is 19.1. The third kappa shape index (κ3) is 5.40. The molecule has 0 aliphatic carbocycles. The fraction of sp³-hybridized carbons (Fsp3) is 0.350. The standard InChI is InChI=1S/C20H26N6S/c1-4-17-10-11-18(27-17)13-22-20(21-12-16-8-6-5-7-9-16)23-14-19-25-24-15(2)26(19)3/h5-11H,4,12-14H2,1-3H3,(H2,21,22,23). The molecule has 0 saturated carbocycles. The summed E-state index contributed by atoms with van der Waals surface area (Å²) in [5.41, 5.74) is 1.18. The lowest BCUT2D eigenvalue weighted by molar-refractivity contribution is 0.715. The summed E-state index contributed by atoms with van der Waals surface area (Å²) in [6.07, 6.45) is 1.07. The molecule has 2 N–H and O–H groups in total. The molecule has 0 fully saturated rings. The Kier molecular flexibility index (Phi) is 6.59. The van der Waals surface area contributed by atoms with Gasteiger partial charge < -0.3 is 15.2 Å². The van der Waals surface area contributed by atoms with Crippen molar-refractivity contribution in [3.63, 3.8) is 0 Å². The van der Waals surface area contributed by atoms with Crippen molar-refractivity contribution in [3.05, 3.63) is 69.4 Å². The van der Waals surface area contributed by atoms with Gasteiger partial charge in [0.2, 0.25) is 0 Å². The van der Waals surface area contributed by atoms with E-state index in [9.17, 15) is 0 Å². The van der Waals surface area contributed by atoms with Crippen LogP contribution in [0.25, 0.3) is 0 Å². The Balaban J connectivity index is 1.66. The summed E-state index contributed by atoms with van der Waals surface area (Å²) < 4.78 is 1.98. The summed E-state index contributed by atoms with van der Waals surface area (Å²) in [6.45, 7) is 6.08. The highest BCUT2D eigenvalue weighted by Gasteiger charge is 2.07.